The first kappa shape index (κ1) is 14.1. The Morgan fingerprint density at radius 3 is 2.78 bits per heavy atom. The predicted molar refractivity (Wildman–Crippen MR) is 64.7 cm³/mol. The van der Waals surface area contributed by atoms with Gasteiger partial charge in [-0.05, 0) is 24.5 Å². The highest BCUT2D eigenvalue weighted by Gasteiger charge is 2.14. The van der Waals surface area contributed by atoms with Crippen LogP contribution in [0, 0.1) is 10.1 Å². The molecule has 0 fully saturated rings. The molecule has 6 heteroatoms. The van der Waals surface area contributed by atoms with E-state index in [1.807, 2.05) is 0 Å². The average molecular weight is 253 g/mol. The van der Waals surface area contributed by atoms with Crippen molar-refractivity contribution in [2.75, 3.05) is 13.7 Å². The van der Waals surface area contributed by atoms with E-state index in [0.29, 0.717) is 19.3 Å². The van der Waals surface area contributed by atoms with Crippen molar-refractivity contribution in [3.05, 3.63) is 33.9 Å². The van der Waals surface area contributed by atoms with Gasteiger partial charge in [-0.1, -0.05) is 6.07 Å². The van der Waals surface area contributed by atoms with E-state index < -0.39 is 11.5 Å². The normalized spacial score (nSPS) is 10.1. The van der Waals surface area contributed by atoms with E-state index in [2.05, 4.69) is 0 Å². The van der Waals surface area contributed by atoms with Crippen molar-refractivity contribution in [3.8, 4) is 5.75 Å². The van der Waals surface area contributed by atoms with Crippen molar-refractivity contribution in [2.45, 2.75) is 19.3 Å². The number of aliphatic hydroxyl groups excluding tert-OH is 1. The molecule has 0 bridgehead atoms. The third kappa shape index (κ3) is 3.81. The van der Waals surface area contributed by atoms with Crippen LogP contribution in [0.2, 0.25) is 0 Å². The van der Waals surface area contributed by atoms with Crippen molar-refractivity contribution < 1.29 is 19.6 Å². The molecule has 6 nitrogen and oxygen atoms in total. The highest BCUT2D eigenvalue weighted by molar-refractivity contribution is 5.79. The number of Topliss-reactive ketones (excluding diaryl/α,β-unsaturated/α-hetero) is 1. The van der Waals surface area contributed by atoms with Crippen LogP contribution in [0.3, 0.4) is 0 Å². The minimum Gasteiger partial charge on any atom is -0.490 e. The summed E-state index contributed by atoms with van der Waals surface area (Å²) in [6.45, 7) is -0.441. The first-order valence-corrected chi connectivity index (χ1v) is 5.52. The van der Waals surface area contributed by atoms with Gasteiger partial charge in [-0.25, -0.2) is 0 Å². The van der Waals surface area contributed by atoms with Crippen LogP contribution in [-0.4, -0.2) is 29.5 Å². The Labute approximate surface area is 104 Å². The molecule has 0 amide bonds. The monoisotopic (exact) mass is 253 g/mol. The van der Waals surface area contributed by atoms with Crippen LogP contribution < -0.4 is 4.74 Å². The van der Waals surface area contributed by atoms with Gasteiger partial charge in [-0.15, -0.1) is 0 Å². The van der Waals surface area contributed by atoms with Gasteiger partial charge in [-0.3, -0.25) is 14.9 Å². The molecule has 18 heavy (non-hydrogen) atoms. The lowest BCUT2D eigenvalue weighted by molar-refractivity contribution is -0.385. The molecular weight excluding hydrogens is 238 g/mol. The molecule has 0 unspecified atom stereocenters. The summed E-state index contributed by atoms with van der Waals surface area (Å²) in [6.07, 6.45) is 1.51. The molecule has 1 aromatic rings. The van der Waals surface area contributed by atoms with Gasteiger partial charge < -0.3 is 9.84 Å². The van der Waals surface area contributed by atoms with Crippen LogP contribution in [0.5, 0.6) is 5.75 Å². The Morgan fingerprint density at radius 2 is 2.22 bits per heavy atom. The maximum atomic E-state index is 10.9. The number of methoxy groups -OCH3 is 1. The molecule has 0 saturated heterocycles. The summed E-state index contributed by atoms with van der Waals surface area (Å²) in [5, 5.41) is 19.3. The number of hydrogen-bond acceptors (Lipinski definition) is 5. The topological polar surface area (TPSA) is 89.7 Å². The van der Waals surface area contributed by atoms with Crippen molar-refractivity contribution in [1.29, 1.82) is 0 Å². The molecule has 0 aliphatic rings. The maximum Gasteiger partial charge on any atom is 0.310 e. The predicted octanol–water partition coefficient (Wildman–Crippen LogP) is 1.49. The van der Waals surface area contributed by atoms with Gasteiger partial charge in [-0.2, -0.15) is 0 Å². The fourth-order valence-electron chi connectivity index (χ4n) is 1.60. The molecule has 0 aliphatic carbocycles. The third-order valence-electron chi connectivity index (χ3n) is 2.54. The Bertz CT molecular complexity index is 444. The van der Waals surface area contributed by atoms with Gasteiger partial charge in [0.2, 0.25) is 0 Å². The zero-order chi connectivity index (χ0) is 13.5. The molecule has 0 heterocycles. The lowest BCUT2D eigenvalue weighted by Crippen LogP contribution is -2.03. The average Bonchev–Trinajstić information content (AvgIpc) is 2.37. The molecule has 1 aromatic carbocycles. The number of hydrogen-bond donors (Lipinski definition) is 1. The molecule has 1 N–H and O–H groups in total. The fourth-order valence-corrected chi connectivity index (χ4v) is 1.60. The first-order valence-electron chi connectivity index (χ1n) is 5.52. The smallest absolute Gasteiger partial charge is 0.310 e. The van der Waals surface area contributed by atoms with Crippen LogP contribution in [-0.2, 0) is 11.2 Å². The fraction of sp³-hybridized carbons (Fsp3) is 0.417. The molecular formula is C12H15NO5. The Morgan fingerprint density at radius 1 is 1.50 bits per heavy atom. The second-order valence-electron chi connectivity index (χ2n) is 3.81. The molecule has 0 radical (unpaired) electrons. The van der Waals surface area contributed by atoms with Gasteiger partial charge >= 0.3 is 5.69 Å². The van der Waals surface area contributed by atoms with E-state index in [4.69, 9.17) is 9.84 Å². The second-order valence-corrected chi connectivity index (χ2v) is 3.81. The van der Waals surface area contributed by atoms with Gasteiger partial charge in [0.05, 0.1) is 12.0 Å². The number of carbonyl (C=O) groups excluding carboxylic acids is 1. The van der Waals surface area contributed by atoms with E-state index in [1.165, 1.54) is 13.2 Å². The number of carbonyl (C=O) groups is 1. The molecule has 0 atom stereocenters. The number of rotatable bonds is 7. The SMILES string of the molecule is COc1cc(CCCC(=O)CO)ccc1[N+](=O)[O-]. The summed E-state index contributed by atoms with van der Waals surface area (Å²) in [7, 11) is 1.38. The number of nitro groups is 1. The molecule has 0 saturated carbocycles. The first-order chi connectivity index (χ1) is 8.58. The van der Waals surface area contributed by atoms with Crippen molar-refractivity contribution in [2.24, 2.45) is 0 Å². The molecule has 98 valence electrons. The van der Waals surface area contributed by atoms with Gasteiger partial charge in [0, 0.05) is 12.5 Å². The number of nitro benzene ring substituents is 1. The molecule has 0 aromatic heterocycles. The van der Waals surface area contributed by atoms with E-state index in [1.54, 1.807) is 12.1 Å². The zero-order valence-corrected chi connectivity index (χ0v) is 10.1. The van der Waals surface area contributed by atoms with Crippen LogP contribution in [0.15, 0.2) is 18.2 Å². The highest BCUT2D eigenvalue weighted by Crippen LogP contribution is 2.27. The second kappa shape index (κ2) is 6.70. The van der Waals surface area contributed by atoms with Gasteiger partial charge in [0.15, 0.2) is 11.5 Å². The lowest BCUT2D eigenvalue weighted by Gasteiger charge is -2.05. The minimum absolute atomic E-state index is 0.0762. The van der Waals surface area contributed by atoms with Gasteiger partial charge in [0.25, 0.3) is 0 Å². The van der Waals surface area contributed by atoms with E-state index in [-0.39, 0.29) is 17.2 Å². The number of ketones is 1. The molecule has 1 rings (SSSR count). The summed E-state index contributed by atoms with van der Waals surface area (Å²) in [5.41, 5.74) is 0.788. The summed E-state index contributed by atoms with van der Waals surface area (Å²) >= 11 is 0. The highest BCUT2D eigenvalue weighted by atomic mass is 16.6. The van der Waals surface area contributed by atoms with Crippen molar-refractivity contribution in [3.63, 3.8) is 0 Å². The summed E-state index contributed by atoms with van der Waals surface area (Å²) < 4.78 is 4.95. The van der Waals surface area contributed by atoms with Crippen molar-refractivity contribution in [1.82, 2.24) is 0 Å². The quantitative estimate of drug-likeness (QED) is 0.587. The number of benzene rings is 1. The van der Waals surface area contributed by atoms with Crippen LogP contribution in [0.25, 0.3) is 0 Å². The maximum absolute atomic E-state index is 10.9. The summed E-state index contributed by atoms with van der Waals surface area (Å²) in [6, 6.07) is 4.63. The minimum atomic E-state index is -0.502. The number of ether oxygens (including phenoxy) is 1. The van der Waals surface area contributed by atoms with E-state index >= 15 is 0 Å². The van der Waals surface area contributed by atoms with Crippen LogP contribution in [0.4, 0.5) is 5.69 Å². The Balaban J connectivity index is 2.68. The number of aliphatic hydroxyl groups is 1. The molecule has 0 aliphatic heterocycles. The van der Waals surface area contributed by atoms with Crippen LogP contribution in [0.1, 0.15) is 18.4 Å². The van der Waals surface area contributed by atoms with E-state index in [9.17, 15) is 14.9 Å². The standard InChI is InChI=1S/C12H15NO5/c1-18-12-7-9(3-2-4-10(15)8-14)5-6-11(12)13(16)17/h5-7,14H,2-4,8H2,1H3. The number of nitrogens with zero attached hydrogens (tertiary/aromatic N) is 1. The van der Waals surface area contributed by atoms with Crippen molar-refractivity contribution >= 4 is 11.5 Å². The Hall–Kier alpha value is -1.95. The van der Waals surface area contributed by atoms with Gasteiger partial charge in [0.1, 0.15) is 6.61 Å². The number of aryl methyl sites for hydroxylation is 1. The summed E-state index contributed by atoms with van der Waals surface area (Å²) in [4.78, 5) is 21.1. The Kier molecular flexibility index (Phi) is 5.26. The van der Waals surface area contributed by atoms with Crippen LogP contribution >= 0.6 is 0 Å². The largest absolute Gasteiger partial charge is 0.490 e. The summed E-state index contributed by atoms with van der Waals surface area (Å²) in [5.74, 6) is 0.00913. The molecule has 0 spiro atoms. The third-order valence-corrected chi connectivity index (χ3v) is 2.54. The zero-order valence-electron chi connectivity index (χ0n) is 10.1. The van der Waals surface area contributed by atoms with E-state index in [0.717, 1.165) is 5.56 Å². The lowest BCUT2D eigenvalue weighted by atomic mass is 10.1.